The average Bonchev–Trinajstić information content (AvgIpc) is 2.60. The number of piperidine rings is 1. The van der Waals surface area contributed by atoms with Gasteiger partial charge in [0.05, 0.1) is 11.3 Å². The van der Waals surface area contributed by atoms with E-state index in [1.165, 1.54) is 12.3 Å². The van der Waals surface area contributed by atoms with Crippen molar-refractivity contribution in [3.05, 3.63) is 47.2 Å². The molecule has 7 heteroatoms. The van der Waals surface area contributed by atoms with Gasteiger partial charge < -0.3 is 10.0 Å². The first-order valence-corrected chi connectivity index (χ1v) is 8.77. The lowest BCUT2D eigenvalue weighted by Gasteiger charge is -2.28. The summed E-state index contributed by atoms with van der Waals surface area (Å²) < 4.78 is 38.3. The Hall–Kier alpha value is -2.41. The minimum Gasteiger partial charge on any atom is -0.507 e. The van der Waals surface area contributed by atoms with E-state index < -0.39 is 17.5 Å². The first kappa shape index (κ1) is 19.4. The van der Waals surface area contributed by atoms with Crippen molar-refractivity contribution in [3.8, 4) is 17.0 Å². The Labute approximate surface area is 155 Å². The Morgan fingerprint density at radius 1 is 1.30 bits per heavy atom. The second-order valence-corrected chi connectivity index (χ2v) is 7.08. The van der Waals surface area contributed by atoms with E-state index in [-0.39, 0.29) is 17.3 Å². The van der Waals surface area contributed by atoms with Gasteiger partial charge in [0, 0.05) is 29.8 Å². The predicted molar refractivity (Wildman–Crippen MR) is 95.6 cm³/mol. The van der Waals surface area contributed by atoms with Gasteiger partial charge in [-0.25, -0.2) is 0 Å². The minimum absolute atomic E-state index is 0.0281. The van der Waals surface area contributed by atoms with Crippen LogP contribution >= 0.6 is 0 Å². The van der Waals surface area contributed by atoms with E-state index in [1.54, 1.807) is 13.0 Å². The van der Waals surface area contributed by atoms with Crippen molar-refractivity contribution in [2.24, 2.45) is 5.92 Å². The Kier molecular flexibility index (Phi) is 5.24. The van der Waals surface area contributed by atoms with Gasteiger partial charge in [-0.3, -0.25) is 9.78 Å². The number of alkyl halides is 3. The highest BCUT2D eigenvalue weighted by molar-refractivity contribution is 5.98. The van der Waals surface area contributed by atoms with E-state index in [9.17, 15) is 23.1 Å². The molecular formula is C20H21F3N2O2. The number of nitrogens with zero attached hydrogens (tertiary/aromatic N) is 2. The third kappa shape index (κ3) is 4.13. The molecule has 0 aliphatic carbocycles. The Balaban J connectivity index is 1.88. The molecule has 27 heavy (non-hydrogen) atoms. The highest BCUT2D eigenvalue weighted by Gasteiger charge is 2.31. The van der Waals surface area contributed by atoms with Crippen molar-refractivity contribution < 1.29 is 23.1 Å². The smallest absolute Gasteiger partial charge is 0.416 e. The van der Waals surface area contributed by atoms with Crippen molar-refractivity contribution in [3.63, 3.8) is 0 Å². The fourth-order valence-electron chi connectivity index (χ4n) is 3.52. The monoisotopic (exact) mass is 378 g/mol. The molecule has 0 radical (unpaired) electrons. The quantitative estimate of drug-likeness (QED) is 0.809. The normalized spacial score (nSPS) is 18.5. The van der Waals surface area contributed by atoms with E-state index in [2.05, 4.69) is 9.88 Å². The van der Waals surface area contributed by atoms with Gasteiger partial charge in [0.1, 0.15) is 5.75 Å². The number of benzene rings is 1. The summed E-state index contributed by atoms with van der Waals surface area (Å²) in [4.78, 5) is 19.1. The van der Waals surface area contributed by atoms with Gasteiger partial charge >= 0.3 is 6.18 Å². The zero-order valence-corrected chi connectivity index (χ0v) is 15.2. The van der Waals surface area contributed by atoms with Crippen LogP contribution in [0.4, 0.5) is 13.2 Å². The Morgan fingerprint density at radius 2 is 2.04 bits per heavy atom. The van der Waals surface area contributed by atoms with Crippen LogP contribution in [-0.2, 0) is 6.18 Å². The maximum Gasteiger partial charge on any atom is 0.416 e. The number of hydrogen-bond acceptors (Lipinski definition) is 4. The van der Waals surface area contributed by atoms with Crippen LogP contribution < -0.4 is 0 Å². The fraction of sp³-hybridized carbons (Fsp3) is 0.400. The summed E-state index contributed by atoms with van der Waals surface area (Å²) in [5.74, 6) is -0.538. The number of phenols is 1. The number of carbonyl (C=O) groups is 1. The molecule has 2 heterocycles. The summed E-state index contributed by atoms with van der Waals surface area (Å²) in [5, 5.41) is 10.0. The molecule has 0 amide bonds. The SMILES string of the molecule is Cc1cc(C(=O)C2CCCN(C)C2)cnc1-c1ccc(C(F)(F)F)cc1O. The summed E-state index contributed by atoms with van der Waals surface area (Å²) in [6, 6.07) is 4.49. The van der Waals surface area contributed by atoms with Gasteiger partial charge in [-0.1, -0.05) is 0 Å². The molecule has 1 saturated heterocycles. The summed E-state index contributed by atoms with van der Waals surface area (Å²) in [5.41, 5.74) is 0.757. The van der Waals surface area contributed by atoms with E-state index in [0.717, 1.165) is 25.5 Å². The van der Waals surface area contributed by atoms with Crippen LogP contribution in [0.2, 0.25) is 0 Å². The molecule has 0 saturated carbocycles. The minimum atomic E-state index is -4.53. The second-order valence-electron chi connectivity index (χ2n) is 7.08. The third-order valence-corrected chi connectivity index (χ3v) is 4.94. The molecule has 1 unspecified atom stereocenters. The maximum absolute atomic E-state index is 12.8. The highest BCUT2D eigenvalue weighted by Crippen LogP contribution is 2.37. The Bertz CT molecular complexity index is 865. The lowest BCUT2D eigenvalue weighted by atomic mass is 9.90. The summed E-state index contributed by atoms with van der Waals surface area (Å²) in [6.45, 7) is 3.41. The van der Waals surface area contributed by atoms with Crippen LogP contribution in [0.25, 0.3) is 11.3 Å². The molecule has 1 atom stereocenters. The molecule has 2 aromatic rings. The molecule has 0 spiro atoms. The number of halogens is 3. The first-order chi connectivity index (χ1) is 12.7. The number of carbonyl (C=O) groups excluding carboxylic acids is 1. The molecule has 3 rings (SSSR count). The third-order valence-electron chi connectivity index (χ3n) is 4.94. The molecule has 1 aromatic heterocycles. The lowest BCUT2D eigenvalue weighted by Crippen LogP contribution is -2.36. The zero-order valence-electron chi connectivity index (χ0n) is 15.2. The maximum atomic E-state index is 12.8. The summed E-state index contributed by atoms with van der Waals surface area (Å²) in [7, 11) is 1.99. The molecular weight excluding hydrogens is 357 g/mol. The van der Waals surface area contributed by atoms with Crippen molar-refractivity contribution in [1.29, 1.82) is 0 Å². The van der Waals surface area contributed by atoms with Gasteiger partial charge in [0.15, 0.2) is 5.78 Å². The molecule has 1 aromatic carbocycles. The molecule has 1 aliphatic heterocycles. The number of aromatic hydroxyl groups is 1. The summed E-state index contributed by atoms with van der Waals surface area (Å²) in [6.07, 6.45) is -1.28. The van der Waals surface area contributed by atoms with Crippen LogP contribution in [-0.4, -0.2) is 40.9 Å². The van der Waals surface area contributed by atoms with Crippen molar-refractivity contribution >= 4 is 5.78 Å². The molecule has 1 aliphatic rings. The number of pyridine rings is 1. The fourth-order valence-corrected chi connectivity index (χ4v) is 3.52. The van der Waals surface area contributed by atoms with Crippen LogP contribution in [0.1, 0.15) is 34.3 Å². The van der Waals surface area contributed by atoms with E-state index in [1.807, 2.05) is 7.05 Å². The number of Topliss-reactive ketones (excluding diaryl/α,β-unsaturated/α-hetero) is 1. The molecule has 144 valence electrons. The van der Waals surface area contributed by atoms with Crippen molar-refractivity contribution in [1.82, 2.24) is 9.88 Å². The number of rotatable bonds is 3. The van der Waals surface area contributed by atoms with Crippen LogP contribution in [0.15, 0.2) is 30.5 Å². The number of phenolic OH excluding ortho intramolecular Hbond substituents is 1. The van der Waals surface area contributed by atoms with Crippen LogP contribution in [0.5, 0.6) is 5.75 Å². The summed E-state index contributed by atoms with van der Waals surface area (Å²) >= 11 is 0. The second kappa shape index (κ2) is 7.31. The first-order valence-electron chi connectivity index (χ1n) is 8.77. The number of hydrogen-bond donors (Lipinski definition) is 1. The number of aryl methyl sites for hydroxylation is 1. The molecule has 0 bridgehead atoms. The molecule has 4 nitrogen and oxygen atoms in total. The van der Waals surface area contributed by atoms with Gasteiger partial charge in [-0.15, -0.1) is 0 Å². The topological polar surface area (TPSA) is 53.4 Å². The van der Waals surface area contributed by atoms with Gasteiger partial charge in [-0.2, -0.15) is 13.2 Å². The van der Waals surface area contributed by atoms with Crippen LogP contribution in [0.3, 0.4) is 0 Å². The number of likely N-dealkylation sites (tertiary alicyclic amines) is 1. The van der Waals surface area contributed by atoms with Crippen LogP contribution in [0, 0.1) is 12.8 Å². The van der Waals surface area contributed by atoms with Crippen molar-refractivity contribution in [2.45, 2.75) is 25.9 Å². The molecule has 1 N–H and O–H groups in total. The predicted octanol–water partition coefficient (Wildman–Crippen LogP) is 4.31. The largest absolute Gasteiger partial charge is 0.507 e. The number of ketones is 1. The van der Waals surface area contributed by atoms with Gasteiger partial charge in [-0.05, 0) is 63.2 Å². The highest BCUT2D eigenvalue weighted by atomic mass is 19.4. The van der Waals surface area contributed by atoms with E-state index in [4.69, 9.17) is 0 Å². The van der Waals surface area contributed by atoms with E-state index >= 15 is 0 Å². The zero-order chi connectivity index (χ0) is 19.8. The number of aromatic nitrogens is 1. The van der Waals surface area contributed by atoms with Gasteiger partial charge in [0.25, 0.3) is 0 Å². The standard InChI is InChI=1S/C20H21F3N2O2/c1-12-8-14(19(27)13-4-3-7-25(2)11-13)10-24-18(12)16-6-5-15(9-17(16)26)20(21,22)23/h5-6,8-10,13,26H,3-4,7,11H2,1-2H3. The van der Waals surface area contributed by atoms with E-state index in [0.29, 0.717) is 29.4 Å². The van der Waals surface area contributed by atoms with Crippen molar-refractivity contribution in [2.75, 3.05) is 20.1 Å². The lowest BCUT2D eigenvalue weighted by molar-refractivity contribution is -0.137. The Morgan fingerprint density at radius 3 is 2.63 bits per heavy atom. The van der Waals surface area contributed by atoms with Gasteiger partial charge in [0.2, 0.25) is 0 Å². The average molecular weight is 378 g/mol. The molecule has 1 fully saturated rings.